The monoisotopic (exact) mass is 116 g/mol. The summed E-state index contributed by atoms with van der Waals surface area (Å²) in [6.45, 7) is 2.65. The molecule has 0 heterocycles. The number of halogens is 3. The molecule has 47 valence electrons. The standard InChI is InChI=1S/C2H7N.B.3FH/c1-2-3;;;;/h2-3H2,1H3;;3*1H. The minimum Gasteiger partial charge on any atom is -0.331 e. The van der Waals surface area contributed by atoms with Crippen molar-refractivity contribution in [3.63, 3.8) is 0 Å². The molecule has 3 radical (unpaired) electrons. The zero-order chi connectivity index (χ0) is 2.71. The largest absolute Gasteiger partial charge is 0.331 e. The topological polar surface area (TPSA) is 26.0 Å². The number of hydrogen-bond donors (Lipinski definition) is 1. The molecule has 0 fully saturated rings. The van der Waals surface area contributed by atoms with E-state index in [0.29, 0.717) is 0 Å². The van der Waals surface area contributed by atoms with Crippen LogP contribution in [0.25, 0.3) is 0 Å². The van der Waals surface area contributed by atoms with Gasteiger partial charge in [0.05, 0.1) is 0 Å². The van der Waals surface area contributed by atoms with E-state index in [1.54, 1.807) is 0 Å². The molecule has 0 saturated carbocycles. The summed E-state index contributed by atoms with van der Waals surface area (Å²) in [6.07, 6.45) is 0. The molecule has 0 aliphatic carbocycles. The van der Waals surface area contributed by atoms with E-state index < -0.39 is 0 Å². The van der Waals surface area contributed by atoms with Crippen molar-refractivity contribution in [2.24, 2.45) is 5.73 Å². The van der Waals surface area contributed by atoms with Crippen LogP contribution in [0.3, 0.4) is 0 Å². The van der Waals surface area contributed by atoms with Crippen molar-refractivity contribution in [2.45, 2.75) is 6.92 Å². The van der Waals surface area contributed by atoms with Gasteiger partial charge in [-0.05, 0) is 6.54 Å². The average Bonchev–Trinajstić information content (AvgIpc) is 0.918. The minimum atomic E-state index is 0. The van der Waals surface area contributed by atoms with Crippen molar-refractivity contribution in [3.8, 4) is 0 Å². The molecule has 0 bridgehead atoms. The van der Waals surface area contributed by atoms with Crippen LogP contribution >= 0.6 is 0 Å². The van der Waals surface area contributed by atoms with Gasteiger partial charge in [0, 0.05) is 8.41 Å². The van der Waals surface area contributed by atoms with E-state index in [-0.39, 0.29) is 22.5 Å². The van der Waals surface area contributed by atoms with Crippen LogP contribution < -0.4 is 5.73 Å². The molecule has 0 rings (SSSR count). The quantitative estimate of drug-likeness (QED) is 0.444. The fourth-order valence-electron chi connectivity index (χ4n) is 0. The van der Waals surface area contributed by atoms with Crippen LogP contribution in [0.5, 0.6) is 0 Å². The lowest BCUT2D eigenvalue weighted by Gasteiger charge is -1.53. The molecule has 0 aliphatic rings. The summed E-state index contributed by atoms with van der Waals surface area (Å²) in [5.41, 5.74) is 4.85. The summed E-state index contributed by atoms with van der Waals surface area (Å²) in [5.74, 6) is 0. The Morgan fingerprint density at radius 2 is 1.14 bits per heavy atom. The van der Waals surface area contributed by atoms with Gasteiger partial charge in [0.2, 0.25) is 0 Å². The van der Waals surface area contributed by atoms with Gasteiger partial charge < -0.3 is 5.73 Å². The van der Waals surface area contributed by atoms with Gasteiger partial charge in [-0.3, -0.25) is 14.1 Å². The molecule has 0 saturated heterocycles. The van der Waals surface area contributed by atoms with Crippen LogP contribution in [0.4, 0.5) is 14.1 Å². The van der Waals surface area contributed by atoms with Gasteiger partial charge in [-0.2, -0.15) is 0 Å². The molecular weight excluding hydrogens is 106 g/mol. The van der Waals surface area contributed by atoms with Gasteiger partial charge in [-0.1, -0.05) is 6.92 Å². The lowest BCUT2D eigenvalue weighted by atomic mass is 10.8. The molecule has 0 unspecified atom stereocenters. The maximum Gasteiger partial charge on any atom is 0 e. The Labute approximate surface area is 43.0 Å². The Kier molecular flexibility index (Phi) is 2030. The number of hydrogen-bond acceptors (Lipinski definition) is 1. The molecule has 0 aromatic rings. The smallest absolute Gasteiger partial charge is 0 e. The predicted octanol–water partition coefficient (Wildman–Crippen LogP) is 0.0417. The predicted molar refractivity (Wildman–Crippen MR) is 28.0 cm³/mol. The summed E-state index contributed by atoms with van der Waals surface area (Å²) in [6, 6.07) is 0. The van der Waals surface area contributed by atoms with Crippen LogP contribution in [0.1, 0.15) is 6.92 Å². The van der Waals surface area contributed by atoms with Crippen LogP contribution in [0, 0.1) is 0 Å². The van der Waals surface area contributed by atoms with Gasteiger partial charge >= 0.3 is 0 Å². The SMILES string of the molecule is CCN.F.F.F.[B]. The second-order valence-electron chi connectivity index (χ2n) is 0.408. The highest BCUT2D eigenvalue weighted by Crippen LogP contribution is 1.20. The molecule has 0 spiro atoms. The Hall–Kier alpha value is -0.185. The first kappa shape index (κ1) is 70.0. The number of rotatable bonds is 0. The summed E-state index contributed by atoms with van der Waals surface area (Å²) in [4.78, 5) is 0. The van der Waals surface area contributed by atoms with E-state index in [2.05, 4.69) is 0 Å². The first-order valence-corrected chi connectivity index (χ1v) is 1.12. The van der Waals surface area contributed by atoms with E-state index in [9.17, 15) is 0 Å². The van der Waals surface area contributed by atoms with Crippen LogP contribution in [0.15, 0.2) is 0 Å². The maximum absolute atomic E-state index is 4.85. The molecule has 0 atom stereocenters. The third-order valence-electron chi connectivity index (χ3n) is 0. The Morgan fingerprint density at radius 1 is 1.14 bits per heavy atom. The summed E-state index contributed by atoms with van der Waals surface area (Å²) in [5, 5.41) is 0. The third kappa shape index (κ3) is 2470. The van der Waals surface area contributed by atoms with Crippen LogP contribution in [-0.4, -0.2) is 15.0 Å². The van der Waals surface area contributed by atoms with Crippen LogP contribution in [0.2, 0.25) is 0 Å². The lowest BCUT2D eigenvalue weighted by molar-refractivity contribution is 1.11. The second-order valence-corrected chi connectivity index (χ2v) is 0.408. The molecule has 0 aromatic carbocycles. The van der Waals surface area contributed by atoms with Gasteiger partial charge in [0.1, 0.15) is 0 Å². The Morgan fingerprint density at radius 3 is 1.14 bits per heavy atom. The van der Waals surface area contributed by atoms with E-state index in [4.69, 9.17) is 5.73 Å². The fourth-order valence-corrected chi connectivity index (χ4v) is 0. The highest BCUT2D eigenvalue weighted by Gasteiger charge is 1.32. The van der Waals surface area contributed by atoms with Crippen molar-refractivity contribution in [1.82, 2.24) is 0 Å². The van der Waals surface area contributed by atoms with Crippen molar-refractivity contribution in [3.05, 3.63) is 0 Å². The Balaban J connectivity index is -0.00000000333. The van der Waals surface area contributed by atoms with Gasteiger partial charge in [-0.25, -0.2) is 0 Å². The van der Waals surface area contributed by atoms with E-state index in [0.717, 1.165) is 6.54 Å². The van der Waals surface area contributed by atoms with E-state index >= 15 is 0 Å². The number of nitrogens with two attached hydrogens (primary N) is 1. The van der Waals surface area contributed by atoms with Crippen molar-refractivity contribution >= 4 is 8.41 Å². The van der Waals surface area contributed by atoms with Crippen molar-refractivity contribution in [2.75, 3.05) is 6.54 Å². The fraction of sp³-hybridized carbons (Fsp3) is 1.00. The molecule has 7 heavy (non-hydrogen) atoms. The van der Waals surface area contributed by atoms with Gasteiger partial charge in [0.25, 0.3) is 0 Å². The summed E-state index contributed by atoms with van der Waals surface area (Å²) < 4.78 is 0. The lowest BCUT2D eigenvalue weighted by Crippen LogP contribution is -1.87. The third-order valence-corrected chi connectivity index (χ3v) is 0. The molecule has 1 nitrogen and oxygen atoms in total. The molecule has 0 aliphatic heterocycles. The molecule has 0 amide bonds. The van der Waals surface area contributed by atoms with E-state index in [1.165, 1.54) is 0 Å². The zero-order valence-corrected chi connectivity index (χ0v) is 4.09. The van der Waals surface area contributed by atoms with Crippen molar-refractivity contribution < 1.29 is 14.1 Å². The Bertz CT molecular complexity index is 12.9. The highest BCUT2D eigenvalue weighted by atomic mass is 19.0. The molecule has 0 aromatic heterocycles. The van der Waals surface area contributed by atoms with Gasteiger partial charge in [-0.15, -0.1) is 0 Å². The summed E-state index contributed by atoms with van der Waals surface area (Å²) in [7, 11) is 0. The average molecular weight is 116 g/mol. The first-order chi connectivity index (χ1) is 1.41. The highest BCUT2D eigenvalue weighted by molar-refractivity contribution is 5.75. The normalized spacial score (nSPS) is 2.57. The van der Waals surface area contributed by atoms with E-state index in [1.807, 2.05) is 6.92 Å². The minimum absolute atomic E-state index is 0. The van der Waals surface area contributed by atoms with Crippen LogP contribution in [-0.2, 0) is 0 Å². The van der Waals surface area contributed by atoms with Gasteiger partial charge in [0.15, 0.2) is 0 Å². The maximum atomic E-state index is 4.85. The van der Waals surface area contributed by atoms with Crippen molar-refractivity contribution in [1.29, 1.82) is 0 Å². The molecule has 2 N–H and O–H groups in total. The molecule has 5 heteroatoms. The second kappa shape index (κ2) is 203. The zero-order valence-electron chi connectivity index (χ0n) is 4.09. The first-order valence-electron chi connectivity index (χ1n) is 1.12. The summed E-state index contributed by atoms with van der Waals surface area (Å²) >= 11 is 0. The molecular formula is C2H10BF3N.